The Hall–Kier alpha value is -3.42. The van der Waals surface area contributed by atoms with Crippen LogP contribution in [-0.2, 0) is 10.8 Å². The zero-order valence-corrected chi connectivity index (χ0v) is 22.4. The van der Waals surface area contributed by atoms with E-state index in [1.54, 1.807) is 0 Å². The highest BCUT2D eigenvalue weighted by atomic mass is 79.9. The smallest absolute Gasteiger partial charge is 0.0619 e. The van der Waals surface area contributed by atoms with Gasteiger partial charge < -0.3 is 0 Å². The van der Waals surface area contributed by atoms with Gasteiger partial charge in [-0.15, -0.1) is 0 Å². The fourth-order valence-electron chi connectivity index (χ4n) is 6.54. The van der Waals surface area contributed by atoms with Crippen LogP contribution in [-0.4, -0.2) is 0 Å². The Morgan fingerprint density at radius 3 is 1.61 bits per heavy atom. The lowest BCUT2D eigenvalue weighted by Gasteiger charge is -2.36. The molecule has 0 bridgehead atoms. The van der Waals surface area contributed by atoms with Gasteiger partial charge in [-0.3, -0.25) is 0 Å². The normalized spacial score (nSPS) is 17.0. The molecule has 0 aromatic heterocycles. The second-order valence-electron chi connectivity index (χ2n) is 11.1. The lowest BCUT2D eigenvalue weighted by Crippen LogP contribution is -2.29. The molecule has 0 amide bonds. The molecule has 0 fully saturated rings. The van der Waals surface area contributed by atoms with Crippen LogP contribution < -0.4 is 0 Å². The molecule has 0 saturated carbocycles. The SMILES string of the molecule is CC(C)(C)c1ccc2c(c1)C1(c3ccccc3-c3ccccc3-c3cc(Br)ccc31)c1ccccc1-2. The molecule has 0 heterocycles. The summed E-state index contributed by atoms with van der Waals surface area (Å²) in [4.78, 5) is 0. The van der Waals surface area contributed by atoms with Crippen molar-refractivity contribution in [3.8, 4) is 33.4 Å². The summed E-state index contributed by atoms with van der Waals surface area (Å²) >= 11 is 3.80. The van der Waals surface area contributed by atoms with Gasteiger partial charge in [0.15, 0.2) is 0 Å². The van der Waals surface area contributed by atoms with Gasteiger partial charge in [0.25, 0.3) is 0 Å². The monoisotopic (exact) mass is 526 g/mol. The van der Waals surface area contributed by atoms with Crippen LogP contribution in [0.15, 0.2) is 114 Å². The van der Waals surface area contributed by atoms with Gasteiger partial charge in [0, 0.05) is 4.47 Å². The molecular weight excluding hydrogens is 500 g/mol. The first-order valence-electron chi connectivity index (χ1n) is 12.6. The molecule has 0 radical (unpaired) electrons. The van der Waals surface area contributed by atoms with Crippen LogP contribution in [0.25, 0.3) is 33.4 Å². The molecule has 7 rings (SSSR count). The van der Waals surface area contributed by atoms with Crippen LogP contribution in [0.2, 0.25) is 0 Å². The predicted octanol–water partition coefficient (Wildman–Crippen LogP) is 9.76. The lowest BCUT2D eigenvalue weighted by atomic mass is 9.65. The van der Waals surface area contributed by atoms with Gasteiger partial charge in [0.05, 0.1) is 5.41 Å². The zero-order valence-electron chi connectivity index (χ0n) is 20.8. The van der Waals surface area contributed by atoms with Gasteiger partial charge in [-0.1, -0.05) is 134 Å². The Labute approximate surface area is 221 Å². The van der Waals surface area contributed by atoms with E-state index in [2.05, 4.69) is 146 Å². The maximum absolute atomic E-state index is 3.80. The van der Waals surface area contributed by atoms with E-state index < -0.39 is 5.41 Å². The number of fused-ring (bicyclic) bond motifs is 12. The number of hydrogen-bond acceptors (Lipinski definition) is 0. The minimum absolute atomic E-state index is 0.0563. The first kappa shape index (κ1) is 21.8. The molecule has 1 unspecified atom stereocenters. The molecule has 0 nitrogen and oxygen atoms in total. The van der Waals surface area contributed by atoms with Crippen LogP contribution in [0.4, 0.5) is 0 Å². The summed E-state index contributed by atoms with van der Waals surface area (Å²) in [7, 11) is 0. The van der Waals surface area contributed by atoms with Crippen LogP contribution in [0.1, 0.15) is 48.6 Å². The van der Waals surface area contributed by atoms with Gasteiger partial charge >= 0.3 is 0 Å². The highest BCUT2D eigenvalue weighted by molar-refractivity contribution is 9.10. The van der Waals surface area contributed by atoms with E-state index in [9.17, 15) is 0 Å². The zero-order chi connectivity index (χ0) is 24.7. The van der Waals surface area contributed by atoms with E-state index in [1.165, 1.54) is 61.2 Å². The highest BCUT2D eigenvalue weighted by Crippen LogP contribution is 2.61. The summed E-state index contributed by atoms with van der Waals surface area (Å²) in [6.45, 7) is 6.93. The molecule has 0 aliphatic heterocycles. The van der Waals surface area contributed by atoms with Crippen molar-refractivity contribution in [1.29, 1.82) is 0 Å². The van der Waals surface area contributed by atoms with E-state index in [0.717, 1.165) is 4.47 Å². The summed E-state index contributed by atoms with van der Waals surface area (Å²) in [5, 5.41) is 0. The maximum atomic E-state index is 3.80. The number of hydrogen-bond donors (Lipinski definition) is 0. The number of rotatable bonds is 0. The third kappa shape index (κ3) is 2.81. The van der Waals surface area contributed by atoms with Crippen molar-refractivity contribution < 1.29 is 0 Å². The first-order chi connectivity index (χ1) is 17.4. The number of benzene rings is 5. The molecule has 36 heavy (non-hydrogen) atoms. The molecule has 1 heteroatoms. The largest absolute Gasteiger partial charge is 0.0725 e. The van der Waals surface area contributed by atoms with Crippen molar-refractivity contribution in [2.24, 2.45) is 0 Å². The quantitative estimate of drug-likeness (QED) is 0.184. The second-order valence-corrected chi connectivity index (χ2v) is 12.0. The van der Waals surface area contributed by atoms with Gasteiger partial charge in [-0.2, -0.15) is 0 Å². The van der Waals surface area contributed by atoms with Gasteiger partial charge in [0.1, 0.15) is 0 Å². The minimum Gasteiger partial charge on any atom is -0.0619 e. The van der Waals surface area contributed by atoms with E-state index >= 15 is 0 Å². The molecule has 2 aliphatic carbocycles. The Morgan fingerprint density at radius 1 is 0.472 bits per heavy atom. The molecule has 174 valence electrons. The van der Waals surface area contributed by atoms with E-state index in [4.69, 9.17) is 0 Å². The molecule has 5 aromatic carbocycles. The summed E-state index contributed by atoms with van der Waals surface area (Å²) in [5.74, 6) is 0. The lowest BCUT2D eigenvalue weighted by molar-refractivity contribution is 0.588. The van der Waals surface area contributed by atoms with Gasteiger partial charge in [-0.25, -0.2) is 0 Å². The number of halogens is 1. The van der Waals surface area contributed by atoms with Crippen LogP contribution in [0.3, 0.4) is 0 Å². The third-order valence-corrected chi connectivity index (χ3v) is 8.63. The fraction of sp³-hybridized carbons (Fsp3) is 0.143. The summed E-state index contributed by atoms with van der Waals surface area (Å²) < 4.78 is 1.10. The highest BCUT2D eigenvalue weighted by Gasteiger charge is 2.49. The van der Waals surface area contributed by atoms with Crippen molar-refractivity contribution in [1.82, 2.24) is 0 Å². The fourth-order valence-corrected chi connectivity index (χ4v) is 6.90. The van der Waals surface area contributed by atoms with Crippen molar-refractivity contribution in [3.05, 3.63) is 141 Å². The minimum atomic E-state index is -0.404. The average molecular weight is 528 g/mol. The molecule has 1 atom stereocenters. The van der Waals surface area contributed by atoms with Crippen molar-refractivity contribution in [2.75, 3.05) is 0 Å². The Kier molecular flexibility index (Phi) is 4.57. The molecule has 1 spiro atoms. The Bertz CT molecular complexity index is 1680. The van der Waals surface area contributed by atoms with Crippen LogP contribution in [0.5, 0.6) is 0 Å². The summed E-state index contributed by atoms with van der Waals surface area (Å²) in [6, 6.07) is 41.1. The van der Waals surface area contributed by atoms with E-state index in [0.29, 0.717) is 0 Å². The van der Waals surface area contributed by atoms with Crippen molar-refractivity contribution in [2.45, 2.75) is 31.6 Å². The third-order valence-electron chi connectivity index (χ3n) is 8.13. The predicted molar refractivity (Wildman–Crippen MR) is 155 cm³/mol. The van der Waals surface area contributed by atoms with Crippen LogP contribution >= 0.6 is 15.9 Å². The first-order valence-corrected chi connectivity index (χ1v) is 13.4. The summed E-state index contributed by atoms with van der Waals surface area (Å²) in [6.07, 6.45) is 0. The molecule has 2 aliphatic rings. The van der Waals surface area contributed by atoms with Gasteiger partial charge in [-0.05, 0) is 78.7 Å². The topological polar surface area (TPSA) is 0 Å². The maximum Gasteiger partial charge on any atom is 0.0725 e. The molecule has 5 aromatic rings. The second kappa shape index (κ2) is 7.54. The average Bonchev–Trinajstić information content (AvgIpc) is 3.13. The van der Waals surface area contributed by atoms with Gasteiger partial charge in [0.2, 0.25) is 0 Å². The van der Waals surface area contributed by atoms with E-state index in [1.807, 2.05) is 0 Å². The summed E-state index contributed by atoms with van der Waals surface area (Å²) in [5.41, 5.74) is 14.3. The Balaban J connectivity index is 1.75. The Morgan fingerprint density at radius 2 is 0.972 bits per heavy atom. The van der Waals surface area contributed by atoms with E-state index in [-0.39, 0.29) is 5.41 Å². The van der Waals surface area contributed by atoms with Crippen molar-refractivity contribution in [3.63, 3.8) is 0 Å². The molecular formula is C35H27Br. The van der Waals surface area contributed by atoms with Crippen LogP contribution in [0, 0.1) is 0 Å². The van der Waals surface area contributed by atoms with Crippen molar-refractivity contribution >= 4 is 15.9 Å². The molecule has 0 N–H and O–H groups in total. The molecule has 0 saturated heterocycles. The standard InChI is InChI=1S/C35H27Br/c1-34(2,3)22-16-18-28-27-13-7-9-15-31(27)35(33(28)20-22)30-14-8-6-12-26(30)24-10-4-5-11-25(24)29-21-23(36)17-19-32(29)35/h4-21H,1-3H3.